The standard InChI is InChI=1S/C21H23ClF3NO2.BrH/c22-19-8-7-16(15-18(19)21(23,24)25)20(27)9-12-26(13-10-20)11-4-14-28-17-5-2-1-3-6-17;/h1-3,5-8,15,27H,4,9-14H2;1H. The van der Waals surface area contributed by atoms with Gasteiger partial charge in [-0.05, 0) is 49.1 Å². The third kappa shape index (κ3) is 6.35. The summed E-state index contributed by atoms with van der Waals surface area (Å²) in [5.74, 6) is 0.832. The molecular formula is C21H24BrClF3NO2. The van der Waals surface area contributed by atoms with Gasteiger partial charge in [0.05, 0.1) is 22.8 Å². The molecule has 0 atom stereocenters. The number of likely N-dealkylation sites (tertiary alicyclic amines) is 1. The van der Waals surface area contributed by atoms with Gasteiger partial charge in [0.25, 0.3) is 0 Å². The van der Waals surface area contributed by atoms with Crippen molar-refractivity contribution in [2.75, 3.05) is 26.2 Å². The third-order valence-corrected chi connectivity index (χ3v) is 5.45. The summed E-state index contributed by atoms with van der Waals surface area (Å²) < 4.78 is 44.9. The Bertz CT molecular complexity index is 781. The van der Waals surface area contributed by atoms with E-state index in [1.165, 1.54) is 12.1 Å². The van der Waals surface area contributed by atoms with Crippen LogP contribution < -0.4 is 4.74 Å². The fourth-order valence-corrected chi connectivity index (χ4v) is 3.69. The van der Waals surface area contributed by atoms with E-state index in [9.17, 15) is 18.3 Å². The molecule has 1 fully saturated rings. The lowest BCUT2D eigenvalue weighted by Gasteiger charge is -2.38. The molecule has 8 heteroatoms. The zero-order valence-electron chi connectivity index (χ0n) is 15.8. The van der Waals surface area contributed by atoms with Gasteiger partial charge in [-0.2, -0.15) is 13.2 Å². The highest BCUT2D eigenvalue weighted by molar-refractivity contribution is 8.93. The fraction of sp³-hybridized carbons (Fsp3) is 0.429. The van der Waals surface area contributed by atoms with Crippen molar-refractivity contribution in [3.63, 3.8) is 0 Å². The van der Waals surface area contributed by atoms with E-state index in [-0.39, 0.29) is 27.6 Å². The number of hydrogen-bond acceptors (Lipinski definition) is 3. The predicted molar refractivity (Wildman–Crippen MR) is 113 cm³/mol. The molecule has 1 N–H and O–H groups in total. The molecule has 0 bridgehead atoms. The average Bonchev–Trinajstić information content (AvgIpc) is 2.67. The molecule has 1 heterocycles. The molecular weight excluding hydrogens is 471 g/mol. The van der Waals surface area contributed by atoms with Gasteiger partial charge in [0.15, 0.2) is 0 Å². The first kappa shape index (κ1) is 24.0. The van der Waals surface area contributed by atoms with Crippen LogP contribution in [0.4, 0.5) is 13.2 Å². The van der Waals surface area contributed by atoms with Gasteiger partial charge in [-0.3, -0.25) is 0 Å². The van der Waals surface area contributed by atoms with Crippen molar-refractivity contribution in [3.8, 4) is 5.75 Å². The SMILES string of the molecule is Br.OC1(c2ccc(Cl)c(C(F)(F)F)c2)CCN(CCCOc2ccccc2)CC1. The van der Waals surface area contributed by atoms with Gasteiger partial charge in [-0.25, -0.2) is 0 Å². The van der Waals surface area contributed by atoms with Crippen molar-refractivity contribution in [2.24, 2.45) is 0 Å². The lowest BCUT2D eigenvalue weighted by atomic mass is 9.83. The maximum Gasteiger partial charge on any atom is 0.417 e. The number of piperidine rings is 1. The topological polar surface area (TPSA) is 32.7 Å². The van der Waals surface area contributed by atoms with Crippen molar-refractivity contribution in [1.82, 2.24) is 4.90 Å². The zero-order chi connectivity index (χ0) is 20.2. The van der Waals surface area contributed by atoms with Gasteiger partial charge in [0.1, 0.15) is 5.75 Å². The number of alkyl halides is 3. The summed E-state index contributed by atoms with van der Waals surface area (Å²) in [6.45, 7) is 2.64. The Morgan fingerprint density at radius 3 is 2.34 bits per heavy atom. The van der Waals surface area contributed by atoms with Gasteiger partial charge in [-0.1, -0.05) is 35.9 Å². The Balaban J connectivity index is 0.00000300. The Morgan fingerprint density at radius 1 is 1.07 bits per heavy atom. The van der Waals surface area contributed by atoms with Crippen LogP contribution in [0.2, 0.25) is 5.02 Å². The summed E-state index contributed by atoms with van der Waals surface area (Å²) in [5.41, 5.74) is -1.89. The van der Waals surface area contributed by atoms with Crippen LogP contribution >= 0.6 is 28.6 Å². The minimum atomic E-state index is -4.54. The van der Waals surface area contributed by atoms with Crippen molar-refractivity contribution in [2.45, 2.75) is 31.0 Å². The van der Waals surface area contributed by atoms with Crippen molar-refractivity contribution in [3.05, 3.63) is 64.7 Å². The second kappa shape index (κ2) is 10.2. The lowest BCUT2D eigenvalue weighted by molar-refractivity contribution is -0.137. The maximum atomic E-state index is 13.1. The number of nitrogens with zero attached hydrogens (tertiary/aromatic N) is 1. The minimum absolute atomic E-state index is 0. The first-order valence-electron chi connectivity index (χ1n) is 9.28. The lowest BCUT2D eigenvalue weighted by Crippen LogP contribution is -2.43. The third-order valence-electron chi connectivity index (χ3n) is 5.12. The maximum absolute atomic E-state index is 13.1. The number of hydrogen-bond donors (Lipinski definition) is 1. The van der Waals surface area contributed by atoms with Crippen molar-refractivity contribution < 1.29 is 23.0 Å². The van der Waals surface area contributed by atoms with E-state index in [1.54, 1.807) is 0 Å². The van der Waals surface area contributed by atoms with Crippen LogP contribution in [-0.4, -0.2) is 36.2 Å². The number of halogens is 5. The first-order valence-corrected chi connectivity index (χ1v) is 9.65. The Hall–Kier alpha value is -1.28. The number of aliphatic hydroxyl groups is 1. The molecule has 1 aliphatic rings. The van der Waals surface area contributed by atoms with Crippen LogP contribution in [-0.2, 0) is 11.8 Å². The molecule has 2 aromatic rings. The Labute approximate surface area is 184 Å². The van der Waals surface area contributed by atoms with Crippen molar-refractivity contribution in [1.29, 1.82) is 0 Å². The molecule has 0 aromatic heterocycles. The van der Waals surface area contributed by atoms with Crippen LogP contribution in [0.25, 0.3) is 0 Å². The minimum Gasteiger partial charge on any atom is -0.494 e. The van der Waals surface area contributed by atoms with E-state index in [1.807, 2.05) is 30.3 Å². The molecule has 0 amide bonds. The second-order valence-corrected chi connectivity index (χ2v) is 7.49. The molecule has 160 valence electrons. The highest BCUT2D eigenvalue weighted by Gasteiger charge is 2.38. The zero-order valence-corrected chi connectivity index (χ0v) is 18.3. The molecule has 0 saturated carbocycles. The molecule has 2 aromatic carbocycles. The van der Waals surface area contributed by atoms with Gasteiger partial charge >= 0.3 is 6.18 Å². The van der Waals surface area contributed by atoms with E-state index in [0.29, 0.717) is 32.5 Å². The van der Waals surface area contributed by atoms with Gasteiger partial charge < -0.3 is 14.7 Å². The van der Waals surface area contributed by atoms with Gasteiger partial charge in [-0.15, -0.1) is 17.0 Å². The summed E-state index contributed by atoms with van der Waals surface area (Å²) in [5, 5.41) is 10.5. The van der Waals surface area contributed by atoms with Gasteiger partial charge in [0, 0.05) is 19.6 Å². The molecule has 1 aliphatic heterocycles. The Morgan fingerprint density at radius 2 is 1.72 bits per heavy atom. The molecule has 3 nitrogen and oxygen atoms in total. The number of para-hydroxylation sites is 1. The predicted octanol–water partition coefficient (Wildman–Crippen LogP) is 5.69. The van der Waals surface area contributed by atoms with E-state index in [2.05, 4.69) is 4.90 Å². The number of ether oxygens (including phenoxy) is 1. The van der Waals surface area contributed by atoms with E-state index >= 15 is 0 Å². The average molecular weight is 495 g/mol. The highest BCUT2D eigenvalue weighted by atomic mass is 79.9. The highest BCUT2D eigenvalue weighted by Crippen LogP contribution is 2.39. The first-order chi connectivity index (χ1) is 13.3. The van der Waals surface area contributed by atoms with Gasteiger partial charge in [0.2, 0.25) is 0 Å². The summed E-state index contributed by atoms with van der Waals surface area (Å²) in [6, 6.07) is 13.3. The van der Waals surface area contributed by atoms with Crippen LogP contribution in [0.3, 0.4) is 0 Å². The normalized spacial score (nSPS) is 16.9. The smallest absolute Gasteiger partial charge is 0.417 e. The van der Waals surface area contributed by atoms with Crippen LogP contribution in [0.15, 0.2) is 48.5 Å². The second-order valence-electron chi connectivity index (χ2n) is 7.08. The quantitative estimate of drug-likeness (QED) is 0.524. The molecule has 0 spiro atoms. The molecule has 0 unspecified atom stereocenters. The summed E-state index contributed by atoms with van der Waals surface area (Å²) in [6.07, 6.45) is -2.94. The van der Waals surface area contributed by atoms with Crippen LogP contribution in [0.5, 0.6) is 5.75 Å². The summed E-state index contributed by atoms with van der Waals surface area (Å²) in [7, 11) is 0. The van der Waals surface area contributed by atoms with Crippen molar-refractivity contribution >= 4 is 28.6 Å². The van der Waals surface area contributed by atoms with Crippen LogP contribution in [0, 0.1) is 0 Å². The molecule has 0 radical (unpaired) electrons. The monoisotopic (exact) mass is 493 g/mol. The molecule has 0 aliphatic carbocycles. The van der Waals surface area contributed by atoms with E-state index < -0.39 is 17.3 Å². The van der Waals surface area contributed by atoms with Crippen LogP contribution in [0.1, 0.15) is 30.4 Å². The fourth-order valence-electron chi connectivity index (χ4n) is 3.46. The summed E-state index contributed by atoms with van der Waals surface area (Å²) >= 11 is 5.68. The molecule has 1 saturated heterocycles. The molecule has 3 rings (SSSR count). The Kier molecular flexibility index (Phi) is 8.40. The van der Waals surface area contributed by atoms with E-state index in [0.717, 1.165) is 24.8 Å². The van der Waals surface area contributed by atoms with E-state index in [4.69, 9.17) is 16.3 Å². The number of benzene rings is 2. The largest absolute Gasteiger partial charge is 0.494 e. The number of rotatable bonds is 6. The molecule has 29 heavy (non-hydrogen) atoms. The summed E-state index contributed by atoms with van der Waals surface area (Å²) in [4.78, 5) is 2.20.